The molecule has 4 rings (SSSR count). The number of benzene rings is 2. The highest BCUT2D eigenvalue weighted by atomic mass is 32.2. The summed E-state index contributed by atoms with van der Waals surface area (Å²) >= 11 is 1.41. The number of pyridine rings is 1. The molecule has 0 fully saturated rings. The molecule has 0 saturated heterocycles. The van der Waals surface area contributed by atoms with Crippen LogP contribution >= 0.6 is 11.8 Å². The van der Waals surface area contributed by atoms with E-state index in [2.05, 4.69) is 37.2 Å². The van der Waals surface area contributed by atoms with Crippen LogP contribution in [-0.2, 0) is 11.3 Å². The number of thioether (sulfide) groups is 1. The van der Waals surface area contributed by atoms with Gasteiger partial charge >= 0.3 is 0 Å². The number of nitrogens with zero attached hydrogens (tertiary/aromatic N) is 4. The van der Waals surface area contributed by atoms with Crippen molar-refractivity contribution in [2.45, 2.75) is 37.7 Å². The number of hydrogen-bond donors (Lipinski definition) is 1. The first-order valence-corrected chi connectivity index (χ1v) is 11.3. The Morgan fingerprint density at radius 3 is 2.34 bits per heavy atom. The second kappa shape index (κ2) is 9.78. The lowest BCUT2D eigenvalue weighted by Crippen LogP contribution is -2.24. The molecule has 1 N–H and O–H groups in total. The summed E-state index contributed by atoms with van der Waals surface area (Å²) in [5, 5.41) is 12.3. The van der Waals surface area contributed by atoms with Gasteiger partial charge in [-0.15, -0.1) is 10.2 Å². The Balaban J connectivity index is 1.60. The van der Waals surface area contributed by atoms with E-state index in [4.69, 9.17) is 0 Å². The van der Waals surface area contributed by atoms with E-state index in [-0.39, 0.29) is 11.2 Å². The topological polar surface area (TPSA) is 72.7 Å². The van der Waals surface area contributed by atoms with Gasteiger partial charge < -0.3 is 5.32 Å². The van der Waals surface area contributed by atoms with Crippen LogP contribution in [0.1, 0.15) is 23.6 Å². The van der Waals surface area contributed by atoms with Crippen molar-refractivity contribution in [3.8, 4) is 11.4 Å². The number of aromatic nitrogens is 4. The van der Waals surface area contributed by atoms with Gasteiger partial charge in [0, 0.05) is 23.6 Å². The number of para-hydroxylation sites is 1. The van der Waals surface area contributed by atoms with Crippen molar-refractivity contribution in [2.75, 3.05) is 5.32 Å². The molecule has 0 radical (unpaired) electrons. The molecular formula is C25H25N5OS. The maximum absolute atomic E-state index is 13.0. The van der Waals surface area contributed by atoms with E-state index in [0.29, 0.717) is 11.7 Å². The summed E-state index contributed by atoms with van der Waals surface area (Å²) in [7, 11) is 0. The molecule has 6 nitrogen and oxygen atoms in total. The first-order valence-electron chi connectivity index (χ1n) is 10.4. The third-order valence-electron chi connectivity index (χ3n) is 5.22. The lowest BCUT2D eigenvalue weighted by molar-refractivity contribution is -0.115. The highest BCUT2D eigenvalue weighted by Crippen LogP contribution is 2.29. The van der Waals surface area contributed by atoms with E-state index >= 15 is 0 Å². The molecule has 1 atom stereocenters. The van der Waals surface area contributed by atoms with Gasteiger partial charge in [-0.1, -0.05) is 60.3 Å². The summed E-state index contributed by atoms with van der Waals surface area (Å²) in [5.41, 5.74) is 5.03. The predicted molar refractivity (Wildman–Crippen MR) is 129 cm³/mol. The SMILES string of the molecule is Cc1cccc(C)c1NC(=O)C(C)Sc1nnc(-c2ccncc2)n1Cc1ccccc1. The highest BCUT2D eigenvalue weighted by Gasteiger charge is 2.22. The lowest BCUT2D eigenvalue weighted by Gasteiger charge is -2.16. The van der Waals surface area contributed by atoms with Crippen LogP contribution in [0.2, 0.25) is 0 Å². The van der Waals surface area contributed by atoms with Gasteiger partial charge in [0.15, 0.2) is 11.0 Å². The zero-order valence-electron chi connectivity index (χ0n) is 18.3. The van der Waals surface area contributed by atoms with Gasteiger partial charge in [-0.2, -0.15) is 0 Å². The van der Waals surface area contributed by atoms with Crippen molar-refractivity contribution in [3.05, 3.63) is 89.7 Å². The third kappa shape index (κ3) is 4.89. The first kappa shape index (κ1) is 21.8. The fourth-order valence-electron chi connectivity index (χ4n) is 3.45. The molecule has 1 amide bonds. The Labute approximate surface area is 192 Å². The normalized spacial score (nSPS) is 11.8. The fraction of sp³-hybridized carbons (Fsp3) is 0.200. The molecule has 2 aromatic carbocycles. The number of carbonyl (C=O) groups excluding carboxylic acids is 1. The number of anilines is 1. The van der Waals surface area contributed by atoms with Crippen molar-refractivity contribution in [2.24, 2.45) is 0 Å². The Morgan fingerprint density at radius 1 is 0.969 bits per heavy atom. The molecule has 162 valence electrons. The molecule has 4 aromatic rings. The second-order valence-electron chi connectivity index (χ2n) is 7.63. The smallest absolute Gasteiger partial charge is 0.237 e. The van der Waals surface area contributed by atoms with Crippen LogP contribution in [0.3, 0.4) is 0 Å². The molecular weight excluding hydrogens is 418 g/mol. The van der Waals surface area contributed by atoms with Crippen LogP contribution in [0.5, 0.6) is 0 Å². The Morgan fingerprint density at radius 2 is 1.66 bits per heavy atom. The van der Waals surface area contributed by atoms with E-state index in [1.807, 2.05) is 69.3 Å². The van der Waals surface area contributed by atoms with E-state index in [9.17, 15) is 4.79 Å². The van der Waals surface area contributed by atoms with E-state index in [1.165, 1.54) is 11.8 Å². The molecule has 32 heavy (non-hydrogen) atoms. The molecule has 2 heterocycles. The molecule has 0 aliphatic rings. The van der Waals surface area contributed by atoms with Gasteiger partial charge in [-0.25, -0.2) is 0 Å². The molecule has 0 bridgehead atoms. The van der Waals surface area contributed by atoms with Crippen molar-refractivity contribution in [1.29, 1.82) is 0 Å². The molecule has 0 saturated carbocycles. The Bertz CT molecular complexity index is 1190. The van der Waals surface area contributed by atoms with Crippen molar-refractivity contribution >= 4 is 23.4 Å². The van der Waals surface area contributed by atoms with Crippen molar-refractivity contribution in [3.63, 3.8) is 0 Å². The summed E-state index contributed by atoms with van der Waals surface area (Å²) in [6, 6.07) is 20.0. The molecule has 0 spiro atoms. The van der Waals surface area contributed by atoms with Crippen LogP contribution in [0.25, 0.3) is 11.4 Å². The minimum atomic E-state index is -0.349. The number of hydrogen-bond acceptors (Lipinski definition) is 5. The van der Waals surface area contributed by atoms with Gasteiger partial charge in [0.25, 0.3) is 0 Å². The maximum atomic E-state index is 13.0. The Hall–Kier alpha value is -3.45. The van der Waals surface area contributed by atoms with Crippen molar-refractivity contribution in [1.82, 2.24) is 19.7 Å². The molecule has 0 aliphatic carbocycles. The summed E-state index contributed by atoms with van der Waals surface area (Å²) in [4.78, 5) is 17.1. The maximum Gasteiger partial charge on any atom is 0.237 e. The van der Waals surface area contributed by atoms with E-state index in [1.54, 1.807) is 12.4 Å². The number of aryl methyl sites for hydroxylation is 2. The lowest BCUT2D eigenvalue weighted by atomic mass is 10.1. The number of nitrogens with one attached hydrogen (secondary N) is 1. The zero-order valence-corrected chi connectivity index (χ0v) is 19.1. The minimum absolute atomic E-state index is 0.0628. The Kier molecular flexibility index (Phi) is 6.66. The minimum Gasteiger partial charge on any atom is -0.325 e. The van der Waals surface area contributed by atoms with E-state index < -0.39 is 0 Å². The van der Waals surface area contributed by atoms with Crippen LogP contribution in [-0.4, -0.2) is 30.9 Å². The first-order chi connectivity index (χ1) is 15.5. The molecule has 2 aromatic heterocycles. The third-order valence-corrected chi connectivity index (χ3v) is 6.30. The second-order valence-corrected chi connectivity index (χ2v) is 8.94. The summed E-state index contributed by atoms with van der Waals surface area (Å²) in [6.45, 7) is 6.50. The zero-order chi connectivity index (χ0) is 22.5. The van der Waals surface area contributed by atoms with Gasteiger partial charge in [0.2, 0.25) is 5.91 Å². The van der Waals surface area contributed by atoms with Crippen LogP contribution in [0.15, 0.2) is 78.2 Å². The number of rotatable bonds is 7. The highest BCUT2D eigenvalue weighted by molar-refractivity contribution is 8.00. The van der Waals surface area contributed by atoms with Crippen LogP contribution < -0.4 is 5.32 Å². The van der Waals surface area contributed by atoms with E-state index in [0.717, 1.165) is 33.8 Å². The van der Waals surface area contributed by atoms with Gasteiger partial charge in [-0.3, -0.25) is 14.3 Å². The van der Waals surface area contributed by atoms with Crippen molar-refractivity contribution < 1.29 is 4.79 Å². The quantitative estimate of drug-likeness (QED) is 0.401. The molecule has 1 unspecified atom stereocenters. The number of carbonyl (C=O) groups is 1. The monoisotopic (exact) mass is 443 g/mol. The van der Waals surface area contributed by atoms with Gasteiger partial charge in [0.1, 0.15) is 0 Å². The average molecular weight is 444 g/mol. The van der Waals surface area contributed by atoms with Crippen LogP contribution in [0, 0.1) is 13.8 Å². The standard InChI is InChI=1S/C25H25N5OS/c1-17-8-7-9-18(2)22(17)27-24(31)19(3)32-25-29-28-23(21-12-14-26-15-13-21)30(25)16-20-10-5-4-6-11-20/h4-15,19H,16H2,1-3H3,(H,27,31). The largest absolute Gasteiger partial charge is 0.325 e. The molecule has 0 aliphatic heterocycles. The summed E-state index contributed by atoms with van der Waals surface area (Å²) < 4.78 is 2.05. The number of amides is 1. The average Bonchev–Trinajstić information content (AvgIpc) is 3.19. The summed E-state index contributed by atoms with van der Waals surface area (Å²) in [5.74, 6) is 0.688. The molecule has 7 heteroatoms. The van der Waals surface area contributed by atoms with Gasteiger partial charge in [0.05, 0.1) is 11.8 Å². The fourth-order valence-corrected chi connectivity index (χ4v) is 4.30. The van der Waals surface area contributed by atoms with Crippen LogP contribution in [0.4, 0.5) is 5.69 Å². The van der Waals surface area contributed by atoms with Gasteiger partial charge in [-0.05, 0) is 49.6 Å². The predicted octanol–water partition coefficient (Wildman–Crippen LogP) is 5.12. The summed E-state index contributed by atoms with van der Waals surface area (Å²) in [6.07, 6.45) is 3.48.